The molecule has 0 amide bonds. The number of halogens is 3. The Kier molecular flexibility index (Phi) is 5.86. The molecule has 0 spiro atoms. The van der Waals surface area contributed by atoms with Gasteiger partial charge in [-0.1, -0.05) is 71.2 Å². The average Bonchev–Trinajstić information content (AvgIpc) is 3.30. The predicted octanol–water partition coefficient (Wildman–Crippen LogP) is 8.37. The van der Waals surface area contributed by atoms with Gasteiger partial charge in [0.25, 0.3) is 0 Å². The first kappa shape index (κ1) is 21.3. The van der Waals surface area contributed by atoms with Gasteiger partial charge in [0, 0.05) is 22.2 Å². The van der Waals surface area contributed by atoms with Gasteiger partial charge in [-0.15, -0.1) is 0 Å². The van der Waals surface area contributed by atoms with E-state index in [1.165, 1.54) is 5.56 Å². The smallest absolute Gasteiger partial charge is 0.185 e. The van der Waals surface area contributed by atoms with Crippen LogP contribution in [0.15, 0.2) is 78.9 Å². The summed E-state index contributed by atoms with van der Waals surface area (Å²) in [5.74, 6) is 0.600. The molecule has 3 aromatic rings. The first-order valence-electron chi connectivity index (χ1n) is 10.5. The first-order chi connectivity index (χ1) is 15.5. The van der Waals surface area contributed by atoms with Crippen molar-refractivity contribution in [1.29, 1.82) is 0 Å². The van der Waals surface area contributed by atoms with E-state index in [9.17, 15) is 4.79 Å². The number of nitrogens with one attached hydrogen (secondary N) is 1. The van der Waals surface area contributed by atoms with E-state index in [4.69, 9.17) is 34.8 Å². The lowest BCUT2D eigenvalue weighted by atomic mass is 9.76. The number of allylic oxidation sites excluding steroid dienone is 3. The Balaban J connectivity index is 1.43. The second kappa shape index (κ2) is 8.78. The second-order valence-electron chi connectivity index (χ2n) is 8.17. The van der Waals surface area contributed by atoms with Gasteiger partial charge in [-0.05, 0) is 77.6 Å². The normalized spacial score (nSPS) is 21.3. The van der Waals surface area contributed by atoms with Crippen LogP contribution in [-0.4, -0.2) is 5.78 Å². The number of ketones is 1. The zero-order chi connectivity index (χ0) is 22.2. The molecule has 0 aromatic heterocycles. The van der Waals surface area contributed by atoms with Gasteiger partial charge in [-0.3, -0.25) is 4.79 Å². The van der Waals surface area contributed by atoms with Crippen LogP contribution in [0.4, 0.5) is 5.69 Å². The number of carbonyl (C=O) groups is 1. The van der Waals surface area contributed by atoms with Gasteiger partial charge >= 0.3 is 0 Å². The summed E-state index contributed by atoms with van der Waals surface area (Å²) in [6.45, 7) is 0. The molecule has 160 valence electrons. The summed E-state index contributed by atoms with van der Waals surface area (Å²) >= 11 is 18.4. The van der Waals surface area contributed by atoms with Gasteiger partial charge in [0.1, 0.15) is 0 Å². The van der Waals surface area contributed by atoms with Crippen LogP contribution in [-0.2, 0) is 0 Å². The molecule has 2 nitrogen and oxygen atoms in total. The standard InChI is InChI=1S/C27H20Cl3NO/c28-19-11-7-17(8-12-19)27-21-5-2-4-20(21)22-15-18(9-13-24(22)31-27)25(32)14-10-16-3-1-6-23(29)26(16)30/h1-4,6-15,20-21,27,31H,5H2/b14-10+/t20-,21-,27-/m1/s1. The van der Waals surface area contributed by atoms with Crippen molar-refractivity contribution in [1.82, 2.24) is 0 Å². The summed E-state index contributed by atoms with van der Waals surface area (Å²) in [5, 5.41) is 5.35. The molecule has 0 unspecified atom stereocenters. The maximum Gasteiger partial charge on any atom is 0.185 e. The molecular formula is C27H20Cl3NO. The van der Waals surface area contributed by atoms with Crippen molar-refractivity contribution < 1.29 is 4.79 Å². The van der Waals surface area contributed by atoms with Crippen molar-refractivity contribution >= 4 is 52.3 Å². The third kappa shape index (κ3) is 3.99. The van der Waals surface area contributed by atoms with E-state index < -0.39 is 0 Å². The van der Waals surface area contributed by atoms with Gasteiger partial charge in [0.15, 0.2) is 5.78 Å². The summed E-state index contributed by atoms with van der Waals surface area (Å²) < 4.78 is 0. The molecule has 0 saturated heterocycles. The quantitative estimate of drug-likeness (QED) is 0.231. The lowest BCUT2D eigenvalue weighted by Gasteiger charge is -2.37. The molecule has 0 radical (unpaired) electrons. The van der Waals surface area contributed by atoms with E-state index >= 15 is 0 Å². The van der Waals surface area contributed by atoms with E-state index in [2.05, 4.69) is 29.6 Å². The molecule has 0 saturated carbocycles. The zero-order valence-corrected chi connectivity index (χ0v) is 19.3. The Morgan fingerprint density at radius 1 is 1.00 bits per heavy atom. The summed E-state index contributed by atoms with van der Waals surface area (Å²) in [6, 6.07) is 19.5. The monoisotopic (exact) mass is 479 g/mol. The van der Waals surface area contributed by atoms with Crippen LogP contribution in [0.5, 0.6) is 0 Å². The van der Waals surface area contributed by atoms with E-state index in [0.717, 1.165) is 28.3 Å². The Bertz CT molecular complexity index is 1250. The van der Waals surface area contributed by atoms with Crippen molar-refractivity contribution in [2.75, 3.05) is 5.32 Å². The van der Waals surface area contributed by atoms with Crippen LogP contribution in [0, 0.1) is 5.92 Å². The Hall–Kier alpha value is -2.52. The predicted molar refractivity (Wildman–Crippen MR) is 134 cm³/mol. The first-order valence-corrected chi connectivity index (χ1v) is 11.6. The van der Waals surface area contributed by atoms with Gasteiger partial charge in [-0.25, -0.2) is 0 Å². The van der Waals surface area contributed by atoms with E-state index in [1.807, 2.05) is 42.5 Å². The zero-order valence-electron chi connectivity index (χ0n) is 17.1. The minimum atomic E-state index is -0.0674. The number of anilines is 1. The van der Waals surface area contributed by atoms with E-state index in [0.29, 0.717) is 21.5 Å². The molecule has 1 heterocycles. The van der Waals surface area contributed by atoms with Crippen LogP contribution in [0.1, 0.15) is 45.4 Å². The summed E-state index contributed by atoms with van der Waals surface area (Å²) in [7, 11) is 0. The molecule has 0 bridgehead atoms. The Morgan fingerprint density at radius 3 is 2.62 bits per heavy atom. The van der Waals surface area contributed by atoms with Crippen molar-refractivity contribution in [3.8, 4) is 0 Å². The second-order valence-corrected chi connectivity index (χ2v) is 9.39. The maximum atomic E-state index is 12.9. The number of hydrogen-bond acceptors (Lipinski definition) is 2. The summed E-state index contributed by atoms with van der Waals surface area (Å²) in [5.41, 5.74) is 4.83. The summed E-state index contributed by atoms with van der Waals surface area (Å²) in [6.07, 6.45) is 8.76. The van der Waals surface area contributed by atoms with Crippen LogP contribution < -0.4 is 5.32 Å². The molecule has 1 aliphatic heterocycles. The SMILES string of the molecule is O=C(/C=C/c1cccc(Cl)c1Cl)c1ccc2c(c1)[C@@H]1C=CC[C@H]1[C@@H](c1ccc(Cl)cc1)N2. The van der Waals surface area contributed by atoms with Crippen LogP contribution in [0.25, 0.3) is 6.08 Å². The van der Waals surface area contributed by atoms with E-state index in [1.54, 1.807) is 18.2 Å². The van der Waals surface area contributed by atoms with Gasteiger partial charge in [0.2, 0.25) is 0 Å². The molecule has 1 aliphatic carbocycles. The molecule has 1 N–H and O–H groups in total. The molecule has 0 fully saturated rings. The fourth-order valence-corrected chi connectivity index (χ4v) is 5.16. The average molecular weight is 481 g/mol. The molecule has 3 aromatic carbocycles. The summed E-state index contributed by atoms with van der Waals surface area (Å²) in [4.78, 5) is 12.9. The lowest BCUT2D eigenvalue weighted by Crippen LogP contribution is -2.29. The third-order valence-electron chi connectivity index (χ3n) is 6.27. The Labute approximate surface area is 202 Å². The highest BCUT2D eigenvalue weighted by Gasteiger charge is 2.38. The highest BCUT2D eigenvalue weighted by molar-refractivity contribution is 6.43. The van der Waals surface area contributed by atoms with Crippen molar-refractivity contribution in [3.05, 3.63) is 116 Å². The number of benzene rings is 3. The number of rotatable bonds is 4. The van der Waals surface area contributed by atoms with Gasteiger partial charge in [0.05, 0.1) is 16.1 Å². The number of fused-ring (bicyclic) bond motifs is 3. The van der Waals surface area contributed by atoms with Crippen molar-refractivity contribution in [2.45, 2.75) is 18.4 Å². The Morgan fingerprint density at radius 2 is 1.81 bits per heavy atom. The van der Waals surface area contributed by atoms with E-state index in [-0.39, 0.29) is 17.7 Å². The molecule has 2 aliphatic rings. The van der Waals surface area contributed by atoms with Crippen molar-refractivity contribution in [2.24, 2.45) is 5.92 Å². The fourth-order valence-electron chi connectivity index (χ4n) is 4.66. The minimum absolute atomic E-state index is 0.0674. The van der Waals surface area contributed by atoms with Crippen LogP contribution >= 0.6 is 34.8 Å². The number of carbonyl (C=O) groups excluding carboxylic acids is 1. The largest absolute Gasteiger partial charge is 0.378 e. The van der Waals surface area contributed by atoms with Gasteiger partial charge in [-0.2, -0.15) is 0 Å². The van der Waals surface area contributed by atoms with Gasteiger partial charge < -0.3 is 5.32 Å². The molecule has 5 rings (SSSR count). The maximum absolute atomic E-state index is 12.9. The number of hydrogen-bond donors (Lipinski definition) is 1. The highest BCUT2D eigenvalue weighted by atomic mass is 35.5. The minimum Gasteiger partial charge on any atom is -0.378 e. The topological polar surface area (TPSA) is 29.1 Å². The van der Waals surface area contributed by atoms with Crippen LogP contribution in [0.2, 0.25) is 15.1 Å². The molecular weight excluding hydrogens is 461 g/mol. The molecule has 5 heteroatoms. The van der Waals surface area contributed by atoms with Crippen molar-refractivity contribution in [3.63, 3.8) is 0 Å². The molecule has 3 atom stereocenters. The highest BCUT2D eigenvalue weighted by Crippen LogP contribution is 2.50. The van der Waals surface area contributed by atoms with Crippen LogP contribution in [0.3, 0.4) is 0 Å². The third-order valence-corrected chi connectivity index (χ3v) is 7.36. The molecule has 32 heavy (non-hydrogen) atoms. The fraction of sp³-hybridized carbons (Fsp3) is 0.148. The lowest BCUT2D eigenvalue weighted by molar-refractivity contribution is 0.104.